The zero-order valence-electron chi connectivity index (χ0n) is 13.1. The molecule has 1 saturated heterocycles. The van der Waals surface area contributed by atoms with Gasteiger partial charge in [0.15, 0.2) is 0 Å². The molecule has 1 aliphatic heterocycles. The summed E-state index contributed by atoms with van der Waals surface area (Å²) >= 11 is 0. The molecule has 1 N–H and O–H groups in total. The van der Waals surface area contributed by atoms with Crippen molar-refractivity contribution >= 4 is 11.9 Å². The standard InChI is InChI=1S/C15H28N2O3/c1-5-20-15(19)13-7-6-10-17(13)12(4)14(18)16-9-8-11(2)3/h11-13H,5-10H2,1-4H3,(H,16,18). The highest BCUT2D eigenvalue weighted by Gasteiger charge is 2.37. The van der Waals surface area contributed by atoms with Crippen LogP contribution >= 0.6 is 0 Å². The number of amides is 1. The molecule has 0 aromatic carbocycles. The molecule has 0 aliphatic carbocycles. The van der Waals surface area contributed by atoms with E-state index in [2.05, 4.69) is 19.2 Å². The predicted molar refractivity (Wildman–Crippen MR) is 78.3 cm³/mol. The molecule has 1 heterocycles. The van der Waals surface area contributed by atoms with E-state index >= 15 is 0 Å². The second-order valence-electron chi connectivity index (χ2n) is 5.80. The number of likely N-dealkylation sites (tertiary alicyclic amines) is 1. The second-order valence-corrected chi connectivity index (χ2v) is 5.80. The van der Waals surface area contributed by atoms with Gasteiger partial charge in [0.1, 0.15) is 6.04 Å². The van der Waals surface area contributed by atoms with E-state index in [0.29, 0.717) is 19.1 Å². The summed E-state index contributed by atoms with van der Waals surface area (Å²) in [7, 11) is 0. The van der Waals surface area contributed by atoms with Crippen LogP contribution in [0.25, 0.3) is 0 Å². The van der Waals surface area contributed by atoms with Crippen LogP contribution in [0.4, 0.5) is 0 Å². The highest BCUT2D eigenvalue weighted by molar-refractivity contribution is 5.83. The number of hydrogen-bond acceptors (Lipinski definition) is 4. The maximum atomic E-state index is 12.1. The van der Waals surface area contributed by atoms with Gasteiger partial charge in [0, 0.05) is 6.54 Å². The number of esters is 1. The van der Waals surface area contributed by atoms with Crippen molar-refractivity contribution in [2.75, 3.05) is 19.7 Å². The van der Waals surface area contributed by atoms with Crippen LogP contribution in [0.2, 0.25) is 0 Å². The molecule has 1 rings (SSSR count). The van der Waals surface area contributed by atoms with Crippen LogP contribution < -0.4 is 5.32 Å². The summed E-state index contributed by atoms with van der Waals surface area (Å²) in [6.07, 6.45) is 2.69. The Bertz CT molecular complexity index is 331. The zero-order valence-corrected chi connectivity index (χ0v) is 13.1. The van der Waals surface area contributed by atoms with Crippen LogP contribution in [0.3, 0.4) is 0 Å². The largest absolute Gasteiger partial charge is 0.465 e. The minimum Gasteiger partial charge on any atom is -0.465 e. The van der Waals surface area contributed by atoms with Crippen molar-refractivity contribution in [3.63, 3.8) is 0 Å². The van der Waals surface area contributed by atoms with Gasteiger partial charge in [-0.3, -0.25) is 14.5 Å². The van der Waals surface area contributed by atoms with Gasteiger partial charge in [-0.1, -0.05) is 13.8 Å². The first kappa shape index (κ1) is 17.0. The fourth-order valence-corrected chi connectivity index (χ4v) is 2.53. The van der Waals surface area contributed by atoms with Crippen molar-refractivity contribution in [2.24, 2.45) is 5.92 Å². The summed E-state index contributed by atoms with van der Waals surface area (Å²) in [5, 5.41) is 2.95. The lowest BCUT2D eigenvalue weighted by molar-refractivity contribution is -0.149. The first-order valence-electron chi connectivity index (χ1n) is 7.67. The van der Waals surface area contributed by atoms with Crippen LogP contribution in [0.1, 0.15) is 47.0 Å². The molecule has 2 atom stereocenters. The van der Waals surface area contributed by atoms with E-state index in [4.69, 9.17) is 4.74 Å². The molecule has 2 unspecified atom stereocenters. The van der Waals surface area contributed by atoms with Crippen molar-refractivity contribution in [3.8, 4) is 0 Å². The fourth-order valence-electron chi connectivity index (χ4n) is 2.53. The number of carbonyl (C=O) groups is 2. The number of hydrogen-bond donors (Lipinski definition) is 1. The fraction of sp³-hybridized carbons (Fsp3) is 0.867. The van der Waals surface area contributed by atoms with Crippen molar-refractivity contribution in [1.29, 1.82) is 0 Å². The number of nitrogens with one attached hydrogen (secondary N) is 1. The molecule has 5 heteroatoms. The van der Waals surface area contributed by atoms with E-state index in [1.54, 1.807) is 6.92 Å². The minimum absolute atomic E-state index is 0.00171. The van der Waals surface area contributed by atoms with Crippen molar-refractivity contribution in [3.05, 3.63) is 0 Å². The van der Waals surface area contributed by atoms with Crippen molar-refractivity contribution < 1.29 is 14.3 Å². The highest BCUT2D eigenvalue weighted by atomic mass is 16.5. The summed E-state index contributed by atoms with van der Waals surface area (Å²) < 4.78 is 5.09. The molecule has 0 bridgehead atoms. The third kappa shape index (κ3) is 4.78. The molecule has 116 valence electrons. The number of ether oxygens (including phenoxy) is 1. The molecule has 1 aliphatic rings. The second kappa shape index (κ2) is 8.25. The van der Waals surface area contributed by atoms with E-state index in [0.717, 1.165) is 25.8 Å². The number of carbonyl (C=O) groups excluding carboxylic acids is 2. The van der Waals surface area contributed by atoms with Crippen molar-refractivity contribution in [2.45, 2.75) is 59.0 Å². The first-order valence-corrected chi connectivity index (χ1v) is 7.67. The smallest absolute Gasteiger partial charge is 0.323 e. The Morgan fingerprint density at radius 1 is 1.35 bits per heavy atom. The molecular formula is C15H28N2O3. The SMILES string of the molecule is CCOC(=O)C1CCCN1C(C)C(=O)NCCC(C)C. The summed E-state index contributed by atoms with van der Waals surface area (Å²) in [6.45, 7) is 9.79. The van der Waals surface area contributed by atoms with Crippen LogP contribution in [0.5, 0.6) is 0 Å². The van der Waals surface area contributed by atoms with Gasteiger partial charge >= 0.3 is 5.97 Å². The maximum Gasteiger partial charge on any atom is 0.323 e. The quantitative estimate of drug-likeness (QED) is 0.721. The Labute approximate surface area is 122 Å². The topological polar surface area (TPSA) is 58.6 Å². The zero-order chi connectivity index (χ0) is 15.1. The Hall–Kier alpha value is -1.10. The monoisotopic (exact) mass is 284 g/mol. The van der Waals surface area contributed by atoms with Gasteiger partial charge in [0.05, 0.1) is 12.6 Å². The van der Waals surface area contributed by atoms with Gasteiger partial charge in [-0.05, 0) is 45.6 Å². The highest BCUT2D eigenvalue weighted by Crippen LogP contribution is 2.21. The lowest BCUT2D eigenvalue weighted by Gasteiger charge is -2.28. The Balaban J connectivity index is 2.49. The number of nitrogens with zero attached hydrogens (tertiary/aromatic N) is 1. The van der Waals surface area contributed by atoms with Gasteiger partial charge in [-0.25, -0.2) is 0 Å². The molecule has 0 radical (unpaired) electrons. The van der Waals surface area contributed by atoms with Gasteiger partial charge < -0.3 is 10.1 Å². The molecule has 0 saturated carbocycles. The van der Waals surface area contributed by atoms with Crippen LogP contribution in [0, 0.1) is 5.92 Å². The molecule has 1 fully saturated rings. The third-order valence-electron chi connectivity index (χ3n) is 3.75. The van der Waals surface area contributed by atoms with Gasteiger partial charge in [-0.2, -0.15) is 0 Å². The van der Waals surface area contributed by atoms with Gasteiger partial charge in [-0.15, -0.1) is 0 Å². The normalized spacial score (nSPS) is 20.9. The lowest BCUT2D eigenvalue weighted by atomic mass is 10.1. The van der Waals surface area contributed by atoms with Crippen LogP contribution in [0.15, 0.2) is 0 Å². The maximum absolute atomic E-state index is 12.1. The summed E-state index contributed by atoms with van der Waals surface area (Å²) in [6, 6.07) is -0.542. The number of rotatable bonds is 7. The average Bonchev–Trinajstić information content (AvgIpc) is 2.86. The van der Waals surface area contributed by atoms with Gasteiger partial charge in [0.2, 0.25) is 5.91 Å². The summed E-state index contributed by atoms with van der Waals surface area (Å²) in [5.74, 6) is 0.373. The van der Waals surface area contributed by atoms with Crippen molar-refractivity contribution in [1.82, 2.24) is 10.2 Å². The van der Waals surface area contributed by atoms with Crippen LogP contribution in [-0.4, -0.2) is 48.6 Å². The van der Waals surface area contributed by atoms with E-state index < -0.39 is 0 Å². The molecule has 5 nitrogen and oxygen atoms in total. The summed E-state index contributed by atoms with van der Waals surface area (Å²) in [5.41, 5.74) is 0. The Morgan fingerprint density at radius 3 is 2.65 bits per heavy atom. The Kier molecular flexibility index (Phi) is 6.99. The van der Waals surface area contributed by atoms with Gasteiger partial charge in [0.25, 0.3) is 0 Å². The van der Waals surface area contributed by atoms with Crippen LogP contribution in [-0.2, 0) is 14.3 Å². The molecule has 0 aromatic rings. The third-order valence-corrected chi connectivity index (χ3v) is 3.75. The molecule has 1 amide bonds. The molecule has 20 heavy (non-hydrogen) atoms. The minimum atomic E-state index is -0.279. The first-order chi connectivity index (χ1) is 9.47. The van der Waals surface area contributed by atoms with E-state index in [1.807, 2.05) is 11.8 Å². The predicted octanol–water partition coefficient (Wildman–Crippen LogP) is 1.56. The summed E-state index contributed by atoms with van der Waals surface area (Å²) in [4.78, 5) is 26.0. The lowest BCUT2D eigenvalue weighted by Crippen LogP contribution is -2.50. The Morgan fingerprint density at radius 2 is 2.05 bits per heavy atom. The van der Waals surface area contributed by atoms with E-state index in [1.165, 1.54) is 0 Å². The average molecular weight is 284 g/mol. The van der Waals surface area contributed by atoms with E-state index in [-0.39, 0.29) is 24.0 Å². The molecule has 0 aromatic heterocycles. The molecular weight excluding hydrogens is 256 g/mol. The molecule has 0 spiro atoms. The van der Waals surface area contributed by atoms with E-state index in [9.17, 15) is 9.59 Å².